The first-order chi connectivity index (χ1) is 9.51. The summed E-state index contributed by atoms with van der Waals surface area (Å²) < 4.78 is 53.8. The molecular formula is C12H19NO6S2. The molecule has 1 rings (SSSR count). The van der Waals surface area contributed by atoms with Crippen molar-refractivity contribution < 1.29 is 26.7 Å². The maximum Gasteiger partial charge on any atom is 0.235 e. The first-order valence-electron chi connectivity index (χ1n) is 6.16. The lowest BCUT2D eigenvalue weighted by atomic mass is 10.3. The zero-order valence-corrected chi connectivity index (χ0v) is 13.7. The average molecular weight is 337 g/mol. The molecule has 0 radical (unpaired) electrons. The Morgan fingerprint density at radius 3 is 2.38 bits per heavy atom. The molecule has 0 saturated heterocycles. The molecule has 9 heteroatoms. The summed E-state index contributed by atoms with van der Waals surface area (Å²) in [6.07, 6.45) is 0.899. The van der Waals surface area contributed by atoms with Gasteiger partial charge in [-0.05, 0) is 32.0 Å². The van der Waals surface area contributed by atoms with Crippen LogP contribution in [-0.2, 0) is 24.6 Å². The van der Waals surface area contributed by atoms with Gasteiger partial charge in [-0.1, -0.05) is 0 Å². The second-order valence-electron chi connectivity index (χ2n) is 4.79. The first-order valence-corrected chi connectivity index (χ1v) is 9.71. The Hall–Kier alpha value is -1.32. The molecule has 0 aromatic heterocycles. The second-order valence-corrected chi connectivity index (χ2v) is 8.65. The van der Waals surface area contributed by atoms with Crippen molar-refractivity contribution >= 4 is 25.5 Å². The van der Waals surface area contributed by atoms with Crippen LogP contribution in [0.2, 0.25) is 0 Å². The molecule has 1 aromatic carbocycles. The van der Waals surface area contributed by atoms with E-state index < -0.39 is 19.9 Å². The van der Waals surface area contributed by atoms with Crippen molar-refractivity contribution in [1.29, 1.82) is 0 Å². The number of sulfone groups is 1. The number of phenols is 1. The SMILES string of the molecule is CC(C)OCCS(=O)(=O)Nc1cc(S(C)(=O)=O)ccc1O. The quantitative estimate of drug-likeness (QED) is 0.717. The molecular weight excluding hydrogens is 318 g/mol. The van der Waals surface area contributed by atoms with Crippen LogP contribution in [0, 0.1) is 0 Å². The highest BCUT2D eigenvalue weighted by Gasteiger charge is 2.16. The van der Waals surface area contributed by atoms with Crippen molar-refractivity contribution in [3.05, 3.63) is 18.2 Å². The van der Waals surface area contributed by atoms with E-state index >= 15 is 0 Å². The minimum absolute atomic E-state index is 0.000467. The predicted molar refractivity (Wildman–Crippen MR) is 79.7 cm³/mol. The molecule has 0 unspecified atom stereocenters. The van der Waals surface area contributed by atoms with Gasteiger partial charge >= 0.3 is 0 Å². The van der Waals surface area contributed by atoms with Gasteiger partial charge in [-0.15, -0.1) is 0 Å². The van der Waals surface area contributed by atoms with Crippen LogP contribution in [0.15, 0.2) is 23.1 Å². The third-order valence-corrected chi connectivity index (χ3v) is 4.81. The minimum Gasteiger partial charge on any atom is -0.506 e. The fraction of sp³-hybridized carbons (Fsp3) is 0.500. The van der Waals surface area contributed by atoms with E-state index in [0.29, 0.717) is 0 Å². The molecule has 0 aliphatic carbocycles. The largest absolute Gasteiger partial charge is 0.506 e. The lowest BCUT2D eigenvalue weighted by Gasteiger charge is -2.12. The van der Waals surface area contributed by atoms with Gasteiger partial charge in [0.25, 0.3) is 0 Å². The summed E-state index contributed by atoms with van der Waals surface area (Å²) in [7, 11) is -7.24. The van der Waals surface area contributed by atoms with Crippen LogP contribution < -0.4 is 4.72 Å². The van der Waals surface area contributed by atoms with Gasteiger partial charge in [0, 0.05) is 6.26 Å². The number of nitrogens with one attached hydrogen (secondary N) is 1. The van der Waals surface area contributed by atoms with Gasteiger partial charge in [0.2, 0.25) is 10.0 Å². The Labute approximate surface area is 124 Å². The van der Waals surface area contributed by atoms with Crippen molar-refractivity contribution in [1.82, 2.24) is 0 Å². The van der Waals surface area contributed by atoms with Gasteiger partial charge < -0.3 is 9.84 Å². The fourth-order valence-electron chi connectivity index (χ4n) is 1.44. The normalized spacial score (nSPS) is 12.6. The lowest BCUT2D eigenvalue weighted by molar-refractivity contribution is 0.0913. The van der Waals surface area contributed by atoms with Crippen LogP contribution in [0.25, 0.3) is 0 Å². The molecule has 0 saturated carbocycles. The molecule has 0 fully saturated rings. The third kappa shape index (κ3) is 5.90. The zero-order valence-electron chi connectivity index (χ0n) is 12.0. The van der Waals surface area contributed by atoms with Crippen LogP contribution >= 0.6 is 0 Å². The van der Waals surface area contributed by atoms with Crippen molar-refractivity contribution in [3.8, 4) is 5.75 Å². The molecule has 1 aromatic rings. The number of ether oxygens (including phenoxy) is 1. The molecule has 0 spiro atoms. The molecule has 0 heterocycles. The summed E-state index contributed by atoms with van der Waals surface area (Å²) in [5, 5.41) is 9.62. The van der Waals surface area contributed by atoms with Crippen LogP contribution in [0.5, 0.6) is 5.75 Å². The summed E-state index contributed by atoms with van der Waals surface area (Å²) in [6, 6.07) is 3.40. The Morgan fingerprint density at radius 1 is 1.24 bits per heavy atom. The number of rotatable bonds is 7. The van der Waals surface area contributed by atoms with Crippen molar-refractivity contribution in [2.24, 2.45) is 0 Å². The van der Waals surface area contributed by atoms with Crippen LogP contribution in [0.4, 0.5) is 5.69 Å². The highest BCUT2D eigenvalue weighted by Crippen LogP contribution is 2.27. The van der Waals surface area contributed by atoms with Gasteiger partial charge in [-0.2, -0.15) is 0 Å². The fourth-order valence-corrected chi connectivity index (χ4v) is 3.00. The first kappa shape index (κ1) is 17.7. The average Bonchev–Trinajstić information content (AvgIpc) is 2.29. The standard InChI is InChI=1S/C12H19NO6S2/c1-9(2)19-6-7-21(17,18)13-11-8-10(20(3,15)16)4-5-12(11)14/h4-5,8-9,13-14H,6-7H2,1-3H3. The lowest BCUT2D eigenvalue weighted by Crippen LogP contribution is -2.21. The number of aromatic hydroxyl groups is 1. The van der Waals surface area contributed by atoms with Gasteiger partial charge in [-0.25, -0.2) is 16.8 Å². The van der Waals surface area contributed by atoms with E-state index in [4.69, 9.17) is 4.74 Å². The van der Waals surface area contributed by atoms with E-state index in [-0.39, 0.29) is 34.8 Å². The maximum atomic E-state index is 11.8. The van der Waals surface area contributed by atoms with E-state index in [2.05, 4.69) is 4.72 Å². The molecule has 120 valence electrons. The Bertz CT molecular complexity index is 694. The van der Waals surface area contributed by atoms with Gasteiger partial charge in [0.15, 0.2) is 9.84 Å². The number of hydrogen-bond acceptors (Lipinski definition) is 6. The number of benzene rings is 1. The van der Waals surface area contributed by atoms with E-state index in [1.165, 1.54) is 6.07 Å². The molecule has 2 N–H and O–H groups in total. The van der Waals surface area contributed by atoms with Crippen LogP contribution in [0.1, 0.15) is 13.8 Å². The molecule has 0 atom stereocenters. The molecule has 0 bridgehead atoms. The van der Waals surface area contributed by atoms with Crippen molar-refractivity contribution in [2.45, 2.75) is 24.8 Å². The van der Waals surface area contributed by atoms with Gasteiger partial charge in [0.05, 0.1) is 29.0 Å². The summed E-state index contributed by atoms with van der Waals surface area (Å²) in [6.45, 7) is 3.56. The highest BCUT2D eigenvalue weighted by molar-refractivity contribution is 7.92. The predicted octanol–water partition coefficient (Wildman–Crippen LogP) is 0.962. The number of hydrogen-bond donors (Lipinski definition) is 2. The molecule has 0 aliphatic heterocycles. The number of anilines is 1. The topological polar surface area (TPSA) is 110 Å². The molecule has 7 nitrogen and oxygen atoms in total. The van der Waals surface area contributed by atoms with Gasteiger partial charge in [0.1, 0.15) is 5.75 Å². The van der Waals surface area contributed by atoms with E-state index in [1.54, 1.807) is 13.8 Å². The molecule has 0 amide bonds. The second kappa shape index (κ2) is 6.63. The van der Waals surface area contributed by atoms with Crippen molar-refractivity contribution in [2.75, 3.05) is 23.3 Å². The highest BCUT2D eigenvalue weighted by atomic mass is 32.2. The number of phenolic OH excluding ortho intramolecular Hbond substituents is 1. The van der Waals surface area contributed by atoms with E-state index in [0.717, 1.165) is 18.4 Å². The molecule has 21 heavy (non-hydrogen) atoms. The Morgan fingerprint density at radius 2 is 1.86 bits per heavy atom. The van der Waals surface area contributed by atoms with Crippen LogP contribution in [-0.4, -0.2) is 46.7 Å². The van der Waals surface area contributed by atoms with E-state index in [1.807, 2.05) is 0 Å². The Kier molecular flexibility index (Phi) is 5.60. The summed E-state index contributed by atoms with van der Waals surface area (Å²) in [5.74, 6) is -0.649. The van der Waals surface area contributed by atoms with Gasteiger partial charge in [-0.3, -0.25) is 4.72 Å². The van der Waals surface area contributed by atoms with Crippen LogP contribution in [0.3, 0.4) is 0 Å². The zero-order chi connectivity index (χ0) is 16.3. The summed E-state index contributed by atoms with van der Waals surface area (Å²) in [5.41, 5.74) is -0.178. The van der Waals surface area contributed by atoms with Crippen molar-refractivity contribution in [3.63, 3.8) is 0 Å². The third-order valence-electron chi connectivity index (χ3n) is 2.46. The summed E-state index contributed by atoms with van der Waals surface area (Å²) in [4.78, 5) is -0.0866. The van der Waals surface area contributed by atoms with E-state index in [9.17, 15) is 21.9 Å². The number of sulfonamides is 1. The molecule has 0 aliphatic rings. The monoisotopic (exact) mass is 337 g/mol. The summed E-state index contributed by atoms with van der Waals surface area (Å²) >= 11 is 0. The minimum atomic E-state index is -3.74. The smallest absolute Gasteiger partial charge is 0.235 e. The maximum absolute atomic E-state index is 11.8. The Balaban J connectivity index is 2.91.